The van der Waals surface area contributed by atoms with Crippen molar-refractivity contribution in [1.82, 2.24) is 4.81 Å². The van der Waals surface area contributed by atoms with E-state index in [1.54, 1.807) is 0 Å². The molecule has 16 heavy (non-hydrogen) atoms. The van der Waals surface area contributed by atoms with Gasteiger partial charge in [0, 0.05) is 12.7 Å². The van der Waals surface area contributed by atoms with Gasteiger partial charge in [0.2, 0.25) is 0 Å². The average Bonchev–Trinajstić information content (AvgIpc) is 2.36. The highest BCUT2D eigenvalue weighted by atomic mass is 35.5. The molecule has 0 aromatic rings. The zero-order chi connectivity index (χ0) is 12.0. The molecule has 2 aliphatic rings. The second-order valence-corrected chi connectivity index (χ2v) is 5.61. The van der Waals surface area contributed by atoms with Gasteiger partial charge in [0.15, 0.2) is 0 Å². The third-order valence-electron chi connectivity index (χ3n) is 3.39. The van der Waals surface area contributed by atoms with Gasteiger partial charge in [0.1, 0.15) is 0 Å². The van der Waals surface area contributed by atoms with Crippen LogP contribution in [0.4, 0.5) is 0 Å². The van der Waals surface area contributed by atoms with Crippen molar-refractivity contribution in [3.05, 3.63) is 23.4 Å². The molecule has 0 atom stereocenters. The lowest BCUT2D eigenvalue weighted by atomic mass is 9.90. The molecule has 0 bridgehead atoms. The van der Waals surface area contributed by atoms with E-state index in [4.69, 9.17) is 20.9 Å². The first-order chi connectivity index (χ1) is 7.32. The van der Waals surface area contributed by atoms with Crippen LogP contribution in [0.25, 0.3) is 0 Å². The first-order valence-electron chi connectivity index (χ1n) is 5.47. The number of allylic oxidation sites excluding steroid dienone is 2. The van der Waals surface area contributed by atoms with Crippen LogP contribution in [-0.2, 0) is 9.31 Å². The summed E-state index contributed by atoms with van der Waals surface area (Å²) in [6.07, 6.45) is 5.72. The van der Waals surface area contributed by atoms with Crippen molar-refractivity contribution in [2.45, 2.75) is 38.9 Å². The first kappa shape index (κ1) is 12.0. The Balaban J connectivity index is 2.12. The fraction of sp³-hybridized carbons (Fsp3) is 0.636. The summed E-state index contributed by atoms with van der Waals surface area (Å²) in [5, 5.41) is 0.695. The maximum absolute atomic E-state index is 5.95. The summed E-state index contributed by atoms with van der Waals surface area (Å²) in [6.45, 7) is 8.92. The van der Waals surface area contributed by atoms with E-state index in [0.717, 1.165) is 6.54 Å². The minimum absolute atomic E-state index is 0.306. The van der Waals surface area contributed by atoms with E-state index in [9.17, 15) is 0 Å². The number of rotatable bonds is 1. The van der Waals surface area contributed by atoms with Gasteiger partial charge in [0.25, 0.3) is 0 Å². The maximum atomic E-state index is 5.95. The Morgan fingerprint density at radius 3 is 2.31 bits per heavy atom. The monoisotopic (exact) mass is 241 g/mol. The van der Waals surface area contributed by atoms with Crippen LogP contribution in [0.2, 0.25) is 0 Å². The van der Waals surface area contributed by atoms with Crippen molar-refractivity contribution >= 4 is 18.9 Å². The summed E-state index contributed by atoms with van der Waals surface area (Å²) in [5.41, 5.74) is -0.613. The molecule has 0 aromatic carbocycles. The van der Waals surface area contributed by atoms with Crippen LogP contribution in [0.3, 0.4) is 0 Å². The van der Waals surface area contributed by atoms with Crippen molar-refractivity contribution < 1.29 is 9.31 Å². The largest absolute Gasteiger partial charge is 0.594 e. The predicted octanol–water partition coefficient (Wildman–Crippen LogP) is 2.53. The van der Waals surface area contributed by atoms with Crippen LogP contribution in [0.1, 0.15) is 27.7 Å². The summed E-state index contributed by atoms with van der Waals surface area (Å²) < 4.78 is 11.8. The molecule has 0 N–H and O–H groups in total. The summed E-state index contributed by atoms with van der Waals surface area (Å²) >= 11 is 5.95. The molecule has 2 rings (SSSR count). The van der Waals surface area contributed by atoms with Crippen LogP contribution >= 0.6 is 11.6 Å². The van der Waals surface area contributed by atoms with Crippen LogP contribution in [0.5, 0.6) is 0 Å². The minimum atomic E-state index is -0.358. The molecular formula is C11H17BClNO2. The number of nitrogens with zero attached hydrogens (tertiary/aromatic N) is 1. The van der Waals surface area contributed by atoms with Gasteiger partial charge in [-0.2, -0.15) is 0 Å². The summed E-state index contributed by atoms with van der Waals surface area (Å²) in [6, 6.07) is 0. The van der Waals surface area contributed by atoms with Gasteiger partial charge in [-0.3, -0.25) is 0 Å². The van der Waals surface area contributed by atoms with Crippen LogP contribution in [0.15, 0.2) is 23.4 Å². The molecule has 0 spiro atoms. The Kier molecular flexibility index (Phi) is 2.85. The topological polar surface area (TPSA) is 21.7 Å². The average molecular weight is 242 g/mol. The van der Waals surface area contributed by atoms with E-state index in [0.29, 0.717) is 5.03 Å². The van der Waals surface area contributed by atoms with Crippen LogP contribution in [0, 0.1) is 0 Å². The molecule has 2 aliphatic heterocycles. The molecule has 1 fully saturated rings. The molecule has 0 saturated carbocycles. The molecule has 88 valence electrons. The second-order valence-electron chi connectivity index (χ2n) is 5.18. The molecule has 0 unspecified atom stereocenters. The van der Waals surface area contributed by atoms with Gasteiger partial charge in [-0.1, -0.05) is 17.7 Å². The number of hydrogen-bond donors (Lipinski definition) is 0. The second kappa shape index (κ2) is 3.79. The fourth-order valence-electron chi connectivity index (χ4n) is 1.64. The fourth-order valence-corrected chi connectivity index (χ4v) is 1.85. The molecule has 0 amide bonds. The molecule has 5 heteroatoms. The lowest BCUT2D eigenvalue weighted by molar-refractivity contribution is 0.00578. The molecule has 0 aliphatic carbocycles. The molecular weight excluding hydrogens is 224 g/mol. The summed E-state index contributed by atoms with van der Waals surface area (Å²) in [7, 11) is -0.358. The van der Waals surface area contributed by atoms with Gasteiger partial charge in [-0.25, -0.2) is 0 Å². The zero-order valence-corrected chi connectivity index (χ0v) is 10.9. The smallest absolute Gasteiger partial charge is 0.384 e. The Bertz CT molecular complexity index is 336. The lowest BCUT2D eigenvalue weighted by Crippen LogP contribution is -2.41. The highest BCUT2D eigenvalue weighted by molar-refractivity contribution is 6.43. The van der Waals surface area contributed by atoms with Crippen molar-refractivity contribution in [2.24, 2.45) is 0 Å². The summed E-state index contributed by atoms with van der Waals surface area (Å²) in [4.78, 5) is 1.96. The van der Waals surface area contributed by atoms with Gasteiger partial charge < -0.3 is 14.1 Å². The van der Waals surface area contributed by atoms with E-state index in [-0.39, 0.29) is 18.5 Å². The van der Waals surface area contributed by atoms with Gasteiger partial charge in [-0.05, 0) is 33.8 Å². The lowest BCUT2D eigenvalue weighted by Gasteiger charge is -2.32. The van der Waals surface area contributed by atoms with Crippen molar-refractivity contribution in [1.29, 1.82) is 0 Å². The molecule has 1 saturated heterocycles. The normalized spacial score (nSPS) is 27.2. The Morgan fingerprint density at radius 1 is 1.25 bits per heavy atom. The molecule has 0 radical (unpaired) electrons. The van der Waals surface area contributed by atoms with Crippen LogP contribution in [-0.4, -0.2) is 29.8 Å². The predicted molar refractivity (Wildman–Crippen MR) is 65.9 cm³/mol. The SMILES string of the molecule is CC1(C)OB(N2C=C(Cl)C=CC2)OC1(C)C. The quantitative estimate of drug-likeness (QED) is 0.659. The van der Waals surface area contributed by atoms with Gasteiger partial charge >= 0.3 is 7.25 Å². The molecule has 2 heterocycles. The van der Waals surface area contributed by atoms with Crippen molar-refractivity contribution in [2.75, 3.05) is 6.54 Å². The van der Waals surface area contributed by atoms with Crippen LogP contribution < -0.4 is 0 Å². The van der Waals surface area contributed by atoms with E-state index >= 15 is 0 Å². The van der Waals surface area contributed by atoms with E-state index in [2.05, 4.69) is 0 Å². The van der Waals surface area contributed by atoms with E-state index < -0.39 is 0 Å². The minimum Gasteiger partial charge on any atom is -0.384 e. The first-order valence-corrected chi connectivity index (χ1v) is 5.85. The highest BCUT2D eigenvalue weighted by Gasteiger charge is 2.53. The standard InChI is InChI=1S/C11H17BClNO2/c1-10(2)11(3,4)16-12(15-10)14-7-5-6-9(13)8-14/h5-6,8H,7H2,1-4H3. The molecule has 3 nitrogen and oxygen atoms in total. The third-order valence-corrected chi connectivity index (χ3v) is 3.62. The number of halogens is 1. The third kappa shape index (κ3) is 2.02. The van der Waals surface area contributed by atoms with Crippen molar-refractivity contribution in [3.63, 3.8) is 0 Å². The highest BCUT2D eigenvalue weighted by Crippen LogP contribution is 2.38. The van der Waals surface area contributed by atoms with Crippen molar-refractivity contribution in [3.8, 4) is 0 Å². The van der Waals surface area contributed by atoms with Gasteiger partial charge in [0.05, 0.1) is 16.2 Å². The Hall–Kier alpha value is -0.445. The van der Waals surface area contributed by atoms with Gasteiger partial charge in [-0.15, -0.1) is 0 Å². The number of hydrogen-bond acceptors (Lipinski definition) is 3. The van der Waals surface area contributed by atoms with E-state index in [1.807, 2.05) is 50.9 Å². The maximum Gasteiger partial charge on any atom is 0.594 e. The Morgan fingerprint density at radius 2 is 1.81 bits per heavy atom. The van der Waals surface area contributed by atoms with E-state index in [1.165, 1.54) is 0 Å². The Labute approximate surface area is 102 Å². The summed E-state index contributed by atoms with van der Waals surface area (Å²) in [5.74, 6) is 0. The zero-order valence-electron chi connectivity index (χ0n) is 10.2. The molecule has 0 aromatic heterocycles.